The minimum Gasteiger partial charge on any atom is -0.358 e. The van der Waals surface area contributed by atoms with Crippen molar-refractivity contribution in [1.82, 2.24) is 24.9 Å². The third-order valence-corrected chi connectivity index (χ3v) is 5.98. The van der Waals surface area contributed by atoms with E-state index in [9.17, 15) is 0 Å². The number of hydrogen-bond acceptors (Lipinski definition) is 3. The van der Waals surface area contributed by atoms with E-state index in [4.69, 9.17) is 4.98 Å². The van der Waals surface area contributed by atoms with Gasteiger partial charge in [0.2, 0.25) is 0 Å². The molecule has 0 bridgehead atoms. The fraction of sp³-hybridized carbons (Fsp3) is 0.160. The molecule has 146 valence electrons. The number of aromatic amines is 2. The molecule has 4 heterocycles. The number of fused-ring (bicyclic) bond motifs is 7. The summed E-state index contributed by atoms with van der Waals surface area (Å²) in [6.07, 6.45) is 3.63. The first-order valence-corrected chi connectivity index (χ1v) is 10.3. The van der Waals surface area contributed by atoms with Crippen LogP contribution in [-0.2, 0) is 0 Å². The number of pyridine rings is 2. The summed E-state index contributed by atoms with van der Waals surface area (Å²) in [5, 5.41) is 3.25. The first-order valence-electron chi connectivity index (χ1n) is 10.3. The second-order valence-electron chi connectivity index (χ2n) is 8.19. The van der Waals surface area contributed by atoms with Crippen LogP contribution in [0.1, 0.15) is 31.0 Å². The van der Waals surface area contributed by atoms with Crippen LogP contribution in [0.5, 0.6) is 0 Å². The fourth-order valence-corrected chi connectivity index (χ4v) is 4.47. The number of nitrogens with one attached hydrogen (secondary N) is 2. The summed E-state index contributed by atoms with van der Waals surface area (Å²) < 4.78 is 0. The molecule has 0 atom stereocenters. The lowest BCUT2D eigenvalue weighted by molar-refractivity contribution is 0.869. The van der Waals surface area contributed by atoms with Crippen molar-refractivity contribution >= 4 is 43.7 Å². The highest BCUT2D eigenvalue weighted by Crippen LogP contribution is 2.37. The van der Waals surface area contributed by atoms with Crippen molar-refractivity contribution < 1.29 is 0 Å². The number of nitrogens with zero attached hydrogens (tertiary/aromatic N) is 3. The van der Waals surface area contributed by atoms with Crippen molar-refractivity contribution in [3.05, 3.63) is 66.1 Å². The molecule has 6 aromatic rings. The highest BCUT2D eigenvalue weighted by Gasteiger charge is 2.19. The van der Waals surface area contributed by atoms with Crippen LogP contribution in [0, 0.1) is 6.92 Å². The average molecular weight is 391 g/mol. The Bertz CT molecular complexity index is 1510. The Morgan fingerprint density at radius 3 is 2.30 bits per heavy atom. The van der Waals surface area contributed by atoms with Crippen molar-refractivity contribution in [2.24, 2.45) is 0 Å². The zero-order valence-corrected chi connectivity index (χ0v) is 17.1. The fourth-order valence-electron chi connectivity index (χ4n) is 4.47. The third kappa shape index (κ3) is 2.32. The van der Waals surface area contributed by atoms with E-state index >= 15 is 0 Å². The molecule has 0 aliphatic rings. The molecule has 0 spiro atoms. The van der Waals surface area contributed by atoms with Crippen molar-refractivity contribution in [2.45, 2.75) is 26.7 Å². The number of aryl methyl sites for hydroxylation is 1. The summed E-state index contributed by atoms with van der Waals surface area (Å²) in [6, 6.07) is 14.7. The van der Waals surface area contributed by atoms with Gasteiger partial charge < -0.3 is 9.97 Å². The van der Waals surface area contributed by atoms with Crippen LogP contribution in [-0.4, -0.2) is 24.9 Å². The SMILES string of the molecule is Cc1[nH]c2ccc(C(C)C)cc2c1-c1nc2c3cccnc3c3ncccc3c2[nH]1. The Morgan fingerprint density at radius 1 is 0.800 bits per heavy atom. The number of hydrogen-bond donors (Lipinski definition) is 2. The Hall–Kier alpha value is -3.73. The number of H-pyrrole nitrogens is 2. The van der Waals surface area contributed by atoms with E-state index in [0.717, 1.165) is 55.4 Å². The first-order chi connectivity index (χ1) is 14.6. The van der Waals surface area contributed by atoms with E-state index in [2.05, 4.69) is 71.0 Å². The maximum absolute atomic E-state index is 5.08. The van der Waals surface area contributed by atoms with Crippen LogP contribution in [0.15, 0.2) is 54.9 Å². The molecule has 4 aromatic heterocycles. The summed E-state index contributed by atoms with van der Waals surface area (Å²) in [5.41, 5.74) is 8.40. The van der Waals surface area contributed by atoms with Crippen molar-refractivity contribution in [3.8, 4) is 11.4 Å². The van der Waals surface area contributed by atoms with Gasteiger partial charge in [-0.05, 0) is 54.8 Å². The molecule has 2 aromatic carbocycles. The van der Waals surface area contributed by atoms with Gasteiger partial charge in [-0.25, -0.2) is 4.98 Å². The van der Waals surface area contributed by atoms with Crippen LogP contribution in [0.3, 0.4) is 0 Å². The summed E-state index contributed by atoms with van der Waals surface area (Å²) in [4.78, 5) is 21.4. The Labute approximate surface area is 173 Å². The molecule has 5 heteroatoms. The lowest BCUT2D eigenvalue weighted by Crippen LogP contribution is -1.87. The molecule has 0 unspecified atom stereocenters. The highest BCUT2D eigenvalue weighted by atomic mass is 14.9. The molecular formula is C25H21N5. The van der Waals surface area contributed by atoms with Gasteiger partial charge in [-0.3, -0.25) is 9.97 Å². The standard InChI is InChI=1S/C25H21N5/c1-13(2)15-8-9-19-18(12-15)20(14(3)28-19)25-29-23-16-6-4-10-26-21(16)22-17(24(23)30-25)7-5-11-27-22/h4-13,28H,1-3H3,(H,29,30). The van der Waals surface area contributed by atoms with Crippen molar-refractivity contribution in [2.75, 3.05) is 0 Å². The van der Waals surface area contributed by atoms with Crippen LogP contribution >= 0.6 is 0 Å². The zero-order valence-electron chi connectivity index (χ0n) is 17.1. The average Bonchev–Trinajstić information content (AvgIpc) is 3.34. The van der Waals surface area contributed by atoms with E-state index in [1.54, 1.807) is 0 Å². The van der Waals surface area contributed by atoms with E-state index in [-0.39, 0.29) is 0 Å². The summed E-state index contributed by atoms with van der Waals surface area (Å²) in [5.74, 6) is 1.34. The quantitative estimate of drug-likeness (QED) is 0.343. The molecule has 0 fully saturated rings. The smallest absolute Gasteiger partial charge is 0.140 e. The number of benzene rings is 2. The minimum atomic E-state index is 0.471. The molecule has 2 N–H and O–H groups in total. The summed E-state index contributed by atoms with van der Waals surface area (Å²) in [7, 11) is 0. The molecular weight excluding hydrogens is 370 g/mol. The van der Waals surface area contributed by atoms with E-state index in [1.807, 2.05) is 24.5 Å². The van der Waals surface area contributed by atoms with Gasteiger partial charge in [0.15, 0.2) is 0 Å². The lowest BCUT2D eigenvalue weighted by atomic mass is 10.00. The van der Waals surface area contributed by atoms with Crippen LogP contribution in [0.4, 0.5) is 0 Å². The maximum Gasteiger partial charge on any atom is 0.140 e. The molecule has 30 heavy (non-hydrogen) atoms. The van der Waals surface area contributed by atoms with Crippen LogP contribution in [0.25, 0.3) is 55.1 Å². The maximum atomic E-state index is 5.08. The Balaban J connectivity index is 1.73. The van der Waals surface area contributed by atoms with Gasteiger partial charge in [-0.2, -0.15) is 0 Å². The number of imidazole rings is 1. The first kappa shape index (κ1) is 17.2. The second kappa shape index (κ2) is 6.13. The van der Waals surface area contributed by atoms with Gasteiger partial charge in [-0.15, -0.1) is 0 Å². The molecule has 0 saturated heterocycles. The molecule has 0 aliphatic heterocycles. The highest BCUT2D eigenvalue weighted by molar-refractivity contribution is 6.21. The van der Waals surface area contributed by atoms with Gasteiger partial charge in [0.05, 0.1) is 22.1 Å². The molecule has 0 radical (unpaired) electrons. The predicted octanol–water partition coefficient (Wildman–Crippen LogP) is 6.24. The summed E-state index contributed by atoms with van der Waals surface area (Å²) >= 11 is 0. The largest absolute Gasteiger partial charge is 0.358 e. The second-order valence-corrected chi connectivity index (χ2v) is 8.19. The normalized spacial score (nSPS) is 12.1. The van der Waals surface area contributed by atoms with Gasteiger partial charge in [0, 0.05) is 45.3 Å². The van der Waals surface area contributed by atoms with Crippen molar-refractivity contribution in [1.29, 1.82) is 0 Å². The van der Waals surface area contributed by atoms with Crippen LogP contribution in [0.2, 0.25) is 0 Å². The van der Waals surface area contributed by atoms with Crippen LogP contribution < -0.4 is 0 Å². The molecule has 0 aliphatic carbocycles. The van der Waals surface area contributed by atoms with E-state index < -0.39 is 0 Å². The summed E-state index contributed by atoms with van der Waals surface area (Å²) in [6.45, 7) is 6.55. The molecule has 6 rings (SSSR count). The third-order valence-electron chi connectivity index (χ3n) is 5.98. The Morgan fingerprint density at radius 2 is 1.53 bits per heavy atom. The minimum absolute atomic E-state index is 0.471. The van der Waals surface area contributed by atoms with Crippen molar-refractivity contribution in [3.63, 3.8) is 0 Å². The number of aromatic nitrogens is 5. The Kier molecular flexibility index (Phi) is 3.51. The predicted molar refractivity (Wildman–Crippen MR) is 123 cm³/mol. The van der Waals surface area contributed by atoms with Gasteiger partial charge in [0.1, 0.15) is 5.82 Å². The zero-order chi connectivity index (χ0) is 20.4. The van der Waals surface area contributed by atoms with E-state index in [1.165, 1.54) is 10.9 Å². The monoisotopic (exact) mass is 391 g/mol. The lowest BCUT2D eigenvalue weighted by Gasteiger charge is -2.05. The van der Waals surface area contributed by atoms with Gasteiger partial charge >= 0.3 is 0 Å². The van der Waals surface area contributed by atoms with E-state index in [0.29, 0.717) is 5.92 Å². The van der Waals surface area contributed by atoms with Gasteiger partial charge in [-0.1, -0.05) is 19.9 Å². The molecule has 5 nitrogen and oxygen atoms in total. The topological polar surface area (TPSA) is 70.2 Å². The molecule has 0 saturated carbocycles. The van der Waals surface area contributed by atoms with Gasteiger partial charge in [0.25, 0.3) is 0 Å². The molecule has 0 amide bonds. The number of rotatable bonds is 2.